The molecule has 174 valence electrons. The summed E-state index contributed by atoms with van der Waals surface area (Å²) in [6.07, 6.45) is 4.75. The molecule has 0 heterocycles. The lowest BCUT2D eigenvalue weighted by Gasteiger charge is -2.56. The van der Waals surface area contributed by atoms with Gasteiger partial charge >= 0.3 is 0 Å². The van der Waals surface area contributed by atoms with Crippen LogP contribution in [0.1, 0.15) is 74.6 Å². The van der Waals surface area contributed by atoms with Gasteiger partial charge in [-0.1, -0.05) is 60.7 Å². The molecule has 5 rings (SSSR count). The summed E-state index contributed by atoms with van der Waals surface area (Å²) in [6, 6.07) is 17.7. The summed E-state index contributed by atoms with van der Waals surface area (Å²) in [5.41, 5.74) is 3.84. The number of hydrogen-bond donors (Lipinski definition) is 3. The molecule has 4 N–H and O–H groups in total. The molecule has 6 nitrogen and oxygen atoms in total. The highest BCUT2D eigenvalue weighted by Crippen LogP contribution is 2.57. The molecule has 0 aliphatic heterocycles. The average Bonchev–Trinajstić information content (AvgIpc) is 3.59. The van der Waals surface area contributed by atoms with Crippen LogP contribution in [0.2, 0.25) is 0 Å². The van der Waals surface area contributed by atoms with Crippen molar-refractivity contribution in [3.8, 4) is 0 Å². The van der Waals surface area contributed by atoms with E-state index in [1.165, 1.54) is 0 Å². The fraction of sp³-hybridized carbons (Fsp3) is 0.481. The molecule has 0 spiro atoms. The minimum absolute atomic E-state index is 0.377. The van der Waals surface area contributed by atoms with Gasteiger partial charge in [-0.2, -0.15) is 0 Å². The summed E-state index contributed by atoms with van der Waals surface area (Å²) in [5.74, 6) is -1.00. The van der Waals surface area contributed by atoms with Crippen molar-refractivity contribution in [1.29, 1.82) is 0 Å². The van der Waals surface area contributed by atoms with Crippen molar-refractivity contribution in [1.82, 2.24) is 4.90 Å². The Bertz CT molecular complexity index is 963. The Morgan fingerprint density at radius 3 is 1.39 bits per heavy atom. The molecule has 0 bridgehead atoms. The summed E-state index contributed by atoms with van der Waals surface area (Å²) in [5, 5.41) is 23.5. The van der Waals surface area contributed by atoms with Gasteiger partial charge in [-0.15, -0.1) is 0 Å². The maximum Gasteiger partial charge on any atom is 0.239 e. The zero-order valence-electron chi connectivity index (χ0n) is 18.8. The predicted molar refractivity (Wildman–Crippen MR) is 124 cm³/mol. The van der Waals surface area contributed by atoms with Gasteiger partial charge in [0, 0.05) is 0 Å². The SMILES string of the molecule is NC(=O)C1(C(=O)N(C(c2ccccc2)C2(O)CCC2)C(c2ccccc2)C2(O)CCC2)CC1. The van der Waals surface area contributed by atoms with Gasteiger partial charge in [-0.3, -0.25) is 9.59 Å². The average molecular weight is 449 g/mol. The maximum absolute atomic E-state index is 14.3. The van der Waals surface area contributed by atoms with Gasteiger partial charge in [0.1, 0.15) is 5.41 Å². The molecule has 0 saturated heterocycles. The fourth-order valence-electron chi connectivity index (χ4n) is 5.68. The van der Waals surface area contributed by atoms with E-state index in [-0.39, 0.29) is 5.91 Å². The van der Waals surface area contributed by atoms with E-state index in [0.717, 1.165) is 24.0 Å². The Labute approximate surface area is 194 Å². The molecular weight excluding hydrogens is 416 g/mol. The van der Waals surface area contributed by atoms with Gasteiger partial charge in [-0.05, 0) is 62.5 Å². The third kappa shape index (κ3) is 3.56. The first-order valence-corrected chi connectivity index (χ1v) is 12.0. The number of nitrogens with two attached hydrogens (primary N) is 1. The van der Waals surface area contributed by atoms with Crippen LogP contribution >= 0.6 is 0 Å². The monoisotopic (exact) mass is 448 g/mol. The van der Waals surface area contributed by atoms with Crippen molar-refractivity contribution in [3.63, 3.8) is 0 Å². The van der Waals surface area contributed by atoms with Crippen molar-refractivity contribution in [3.05, 3.63) is 71.8 Å². The van der Waals surface area contributed by atoms with Gasteiger partial charge in [0.05, 0.1) is 23.3 Å². The summed E-state index contributed by atoms with van der Waals surface area (Å²) in [4.78, 5) is 28.4. The molecule has 2 unspecified atom stereocenters. The van der Waals surface area contributed by atoms with Crippen LogP contribution in [-0.4, -0.2) is 38.1 Å². The highest BCUT2D eigenvalue weighted by atomic mass is 16.3. The summed E-state index contributed by atoms with van der Waals surface area (Å²) in [6.45, 7) is 0. The number of rotatable bonds is 8. The number of nitrogens with zero attached hydrogens (tertiary/aromatic N) is 1. The topological polar surface area (TPSA) is 104 Å². The lowest BCUT2D eigenvalue weighted by atomic mass is 9.67. The summed E-state index contributed by atoms with van der Waals surface area (Å²) >= 11 is 0. The first-order chi connectivity index (χ1) is 15.8. The number of carbonyl (C=O) groups excluding carboxylic acids is 2. The molecule has 3 aliphatic rings. The first-order valence-electron chi connectivity index (χ1n) is 12.0. The second-order valence-electron chi connectivity index (χ2n) is 10.2. The first kappa shape index (κ1) is 22.1. The molecule has 3 aliphatic carbocycles. The van der Waals surface area contributed by atoms with Crippen LogP contribution in [0.3, 0.4) is 0 Å². The van der Waals surface area contributed by atoms with Crippen molar-refractivity contribution < 1.29 is 19.8 Å². The van der Waals surface area contributed by atoms with Crippen LogP contribution in [-0.2, 0) is 9.59 Å². The highest BCUT2D eigenvalue weighted by molar-refractivity contribution is 6.07. The molecular formula is C27H32N2O4. The van der Waals surface area contributed by atoms with E-state index < -0.39 is 34.6 Å². The normalized spacial score (nSPS) is 23.3. The zero-order valence-corrected chi connectivity index (χ0v) is 18.8. The second-order valence-corrected chi connectivity index (χ2v) is 10.2. The van der Waals surface area contributed by atoms with E-state index in [0.29, 0.717) is 38.5 Å². The molecule has 0 aromatic heterocycles. The van der Waals surface area contributed by atoms with Crippen LogP contribution in [0.4, 0.5) is 0 Å². The number of aliphatic hydroxyl groups is 2. The van der Waals surface area contributed by atoms with Crippen LogP contribution in [0.5, 0.6) is 0 Å². The van der Waals surface area contributed by atoms with Crippen molar-refractivity contribution >= 4 is 11.8 Å². The number of hydrogen-bond acceptors (Lipinski definition) is 4. The van der Waals surface area contributed by atoms with Crippen molar-refractivity contribution in [2.75, 3.05) is 0 Å². The molecule has 2 aromatic carbocycles. The van der Waals surface area contributed by atoms with E-state index in [9.17, 15) is 19.8 Å². The Hall–Kier alpha value is -2.70. The van der Waals surface area contributed by atoms with Gasteiger partial charge in [-0.25, -0.2) is 0 Å². The minimum atomic E-state index is -1.26. The van der Waals surface area contributed by atoms with Crippen LogP contribution < -0.4 is 5.73 Å². The quantitative estimate of drug-likeness (QED) is 0.539. The summed E-state index contributed by atoms with van der Waals surface area (Å²) < 4.78 is 0. The van der Waals surface area contributed by atoms with Gasteiger partial charge in [0.25, 0.3) is 0 Å². The zero-order chi connectivity index (χ0) is 23.3. The predicted octanol–water partition coefficient (Wildman–Crippen LogP) is 3.39. The van der Waals surface area contributed by atoms with E-state index in [2.05, 4.69) is 0 Å². The van der Waals surface area contributed by atoms with Crippen LogP contribution in [0, 0.1) is 5.41 Å². The van der Waals surface area contributed by atoms with Crippen molar-refractivity contribution in [2.24, 2.45) is 11.1 Å². The van der Waals surface area contributed by atoms with Crippen LogP contribution in [0.15, 0.2) is 60.7 Å². The van der Waals surface area contributed by atoms with E-state index in [4.69, 9.17) is 5.73 Å². The number of amides is 2. The standard InChI is InChI=1S/C27H32N2O4/c28-23(30)25(17-18-25)24(31)29(21(26(32)13-7-14-26)19-9-3-1-4-10-19)22(27(33)15-8-16-27)20-11-5-2-6-12-20/h1-6,9-12,21-22,32-33H,7-8,13-18H2,(H2,28,30). The molecule has 2 amide bonds. The molecule has 3 fully saturated rings. The third-order valence-electron chi connectivity index (χ3n) is 8.11. The van der Waals surface area contributed by atoms with Crippen molar-refractivity contribution in [2.45, 2.75) is 74.7 Å². The number of carbonyl (C=O) groups is 2. The number of primary amides is 1. The Kier molecular flexibility index (Phi) is 5.33. The minimum Gasteiger partial charge on any atom is -0.387 e. The van der Waals surface area contributed by atoms with Gasteiger partial charge in [0.2, 0.25) is 11.8 Å². The highest BCUT2D eigenvalue weighted by Gasteiger charge is 2.63. The van der Waals surface area contributed by atoms with E-state index in [1.54, 1.807) is 4.90 Å². The maximum atomic E-state index is 14.3. The Morgan fingerprint density at radius 1 is 0.727 bits per heavy atom. The summed E-state index contributed by atoms with van der Waals surface area (Å²) in [7, 11) is 0. The number of benzene rings is 2. The van der Waals surface area contributed by atoms with Gasteiger partial charge in [0.15, 0.2) is 0 Å². The molecule has 2 aromatic rings. The van der Waals surface area contributed by atoms with E-state index >= 15 is 0 Å². The second kappa shape index (κ2) is 7.96. The molecule has 3 saturated carbocycles. The van der Waals surface area contributed by atoms with Gasteiger partial charge < -0.3 is 20.8 Å². The molecule has 6 heteroatoms. The molecule has 0 radical (unpaired) electrons. The van der Waals surface area contributed by atoms with E-state index in [1.807, 2.05) is 60.7 Å². The molecule has 2 atom stereocenters. The van der Waals surface area contributed by atoms with Crippen LogP contribution in [0.25, 0.3) is 0 Å². The third-order valence-corrected chi connectivity index (χ3v) is 8.11. The lowest BCUT2D eigenvalue weighted by molar-refractivity contribution is -0.184. The largest absolute Gasteiger partial charge is 0.387 e. The smallest absolute Gasteiger partial charge is 0.239 e. The Balaban J connectivity index is 1.71. The molecule has 33 heavy (non-hydrogen) atoms. The lowest BCUT2D eigenvalue weighted by Crippen LogP contribution is -2.61. The Morgan fingerprint density at radius 2 is 1.12 bits per heavy atom. The fourth-order valence-corrected chi connectivity index (χ4v) is 5.68.